The average molecular weight is 319 g/mol. The van der Waals surface area contributed by atoms with Crippen molar-refractivity contribution >= 4 is 21.9 Å². The summed E-state index contributed by atoms with van der Waals surface area (Å²) in [6.07, 6.45) is -0.420. The van der Waals surface area contributed by atoms with Crippen molar-refractivity contribution in [1.29, 1.82) is 0 Å². The summed E-state index contributed by atoms with van der Waals surface area (Å²) >= 11 is 3.12. The maximum Gasteiger partial charge on any atom is 0.303 e. The third-order valence-electron chi connectivity index (χ3n) is 3.27. The maximum absolute atomic E-state index is 12.6. The van der Waals surface area contributed by atoms with Crippen molar-refractivity contribution in [1.82, 2.24) is 0 Å². The number of hydrogen-bond acceptors (Lipinski definition) is 1. The molecule has 1 aliphatic rings. The predicted octanol–water partition coefficient (Wildman–Crippen LogP) is 4.36. The maximum atomic E-state index is 12.6. The molecule has 1 aromatic rings. The molecule has 1 fully saturated rings. The number of carboxylic acid groups (broad SMARTS) is 1. The predicted molar refractivity (Wildman–Crippen MR) is 66.8 cm³/mol. The number of carboxylic acids is 1. The second kappa shape index (κ2) is 5.34. The molecule has 1 aromatic carbocycles. The zero-order chi connectivity index (χ0) is 13.3. The Balaban J connectivity index is 2.25. The molecule has 1 unspecified atom stereocenters. The molecule has 2 rings (SSSR count). The van der Waals surface area contributed by atoms with Gasteiger partial charge in [0, 0.05) is 10.0 Å². The van der Waals surface area contributed by atoms with E-state index in [1.807, 2.05) is 0 Å². The first-order chi connectivity index (χ1) is 8.49. The van der Waals surface area contributed by atoms with Gasteiger partial charge in [0.05, 0.1) is 6.42 Å². The topological polar surface area (TPSA) is 37.3 Å². The molecule has 2 nitrogen and oxygen atoms in total. The lowest BCUT2D eigenvalue weighted by atomic mass is 9.90. The Labute approximate surface area is 112 Å². The minimum atomic E-state index is -2.52. The molecule has 0 spiro atoms. The zero-order valence-electron chi connectivity index (χ0n) is 9.57. The monoisotopic (exact) mass is 318 g/mol. The highest BCUT2D eigenvalue weighted by Crippen LogP contribution is 2.45. The van der Waals surface area contributed by atoms with E-state index in [0.717, 1.165) is 18.4 Å². The van der Waals surface area contributed by atoms with Crippen LogP contribution in [0.3, 0.4) is 0 Å². The van der Waals surface area contributed by atoms with Crippen LogP contribution in [0.1, 0.15) is 42.7 Å². The third-order valence-corrected chi connectivity index (χ3v) is 3.96. The second-order valence-corrected chi connectivity index (χ2v) is 5.48. The fourth-order valence-electron chi connectivity index (χ4n) is 2.19. The summed E-state index contributed by atoms with van der Waals surface area (Å²) in [4.78, 5) is 10.8. The first-order valence-electron chi connectivity index (χ1n) is 5.78. The van der Waals surface area contributed by atoms with Crippen molar-refractivity contribution in [2.24, 2.45) is 5.92 Å². The molecule has 0 aliphatic heterocycles. The van der Waals surface area contributed by atoms with Crippen LogP contribution in [0.5, 0.6) is 0 Å². The molecule has 0 bridgehead atoms. The summed E-state index contributed by atoms with van der Waals surface area (Å²) in [6.45, 7) is 0. The fourth-order valence-corrected chi connectivity index (χ4v) is 2.76. The van der Waals surface area contributed by atoms with Crippen molar-refractivity contribution in [2.75, 3.05) is 0 Å². The van der Waals surface area contributed by atoms with E-state index in [2.05, 4.69) is 15.9 Å². The molecule has 0 amide bonds. The molecule has 0 saturated heterocycles. The zero-order valence-corrected chi connectivity index (χ0v) is 11.2. The van der Waals surface area contributed by atoms with E-state index >= 15 is 0 Å². The van der Waals surface area contributed by atoms with Crippen molar-refractivity contribution in [3.8, 4) is 0 Å². The van der Waals surface area contributed by atoms with Gasteiger partial charge in [0.15, 0.2) is 0 Å². The first-order valence-corrected chi connectivity index (χ1v) is 6.57. The molecule has 1 aliphatic carbocycles. The van der Waals surface area contributed by atoms with Gasteiger partial charge in [0.1, 0.15) is 0 Å². The smallest absolute Gasteiger partial charge is 0.303 e. The Bertz CT molecular complexity index is 458. The summed E-state index contributed by atoms with van der Waals surface area (Å²) in [6, 6.07) is 4.63. The number of benzene rings is 1. The Morgan fingerprint density at radius 2 is 2.11 bits per heavy atom. The van der Waals surface area contributed by atoms with Crippen LogP contribution in [0.25, 0.3) is 0 Å². The minimum Gasteiger partial charge on any atom is -0.481 e. The number of alkyl halides is 2. The average Bonchev–Trinajstić information content (AvgIpc) is 3.08. The normalized spacial score (nSPS) is 16.9. The first kappa shape index (κ1) is 13.5. The Kier molecular flexibility index (Phi) is 4.00. The number of hydrogen-bond donors (Lipinski definition) is 1. The molecule has 18 heavy (non-hydrogen) atoms. The molecule has 1 N–H and O–H groups in total. The third kappa shape index (κ3) is 3.07. The van der Waals surface area contributed by atoms with Gasteiger partial charge in [-0.1, -0.05) is 28.1 Å². The van der Waals surface area contributed by atoms with Gasteiger partial charge in [0.25, 0.3) is 6.43 Å². The fraction of sp³-hybridized carbons (Fsp3) is 0.462. The van der Waals surface area contributed by atoms with Gasteiger partial charge in [-0.15, -0.1) is 0 Å². The van der Waals surface area contributed by atoms with Gasteiger partial charge >= 0.3 is 5.97 Å². The molecule has 0 radical (unpaired) electrons. The highest BCUT2D eigenvalue weighted by atomic mass is 79.9. The van der Waals surface area contributed by atoms with Crippen LogP contribution in [0.2, 0.25) is 0 Å². The van der Waals surface area contributed by atoms with Gasteiger partial charge in [0.2, 0.25) is 0 Å². The summed E-state index contributed by atoms with van der Waals surface area (Å²) in [5, 5.41) is 8.90. The van der Waals surface area contributed by atoms with Gasteiger partial charge < -0.3 is 5.11 Å². The second-order valence-electron chi connectivity index (χ2n) is 4.62. The van der Waals surface area contributed by atoms with E-state index in [0.29, 0.717) is 10.4 Å². The molecule has 1 atom stereocenters. The highest BCUT2D eigenvalue weighted by Gasteiger charge is 2.34. The van der Waals surface area contributed by atoms with Crippen LogP contribution < -0.4 is 0 Å². The SMILES string of the molecule is O=C(O)CC(c1ccc(C(F)F)c(Br)c1)C1CC1. The van der Waals surface area contributed by atoms with Crippen LogP contribution in [0, 0.1) is 5.92 Å². The van der Waals surface area contributed by atoms with E-state index in [9.17, 15) is 13.6 Å². The molecule has 5 heteroatoms. The highest BCUT2D eigenvalue weighted by molar-refractivity contribution is 9.10. The molecule has 98 valence electrons. The summed E-state index contributed by atoms with van der Waals surface area (Å²) in [5.41, 5.74) is 0.778. The lowest BCUT2D eigenvalue weighted by Gasteiger charge is -2.16. The van der Waals surface area contributed by atoms with Crippen LogP contribution in [-0.4, -0.2) is 11.1 Å². The Morgan fingerprint density at radius 3 is 2.56 bits per heavy atom. The molecular formula is C13H13BrF2O2. The number of halogens is 3. The quantitative estimate of drug-likeness (QED) is 0.876. The molecule has 0 heterocycles. The van der Waals surface area contributed by atoms with E-state index in [-0.39, 0.29) is 17.9 Å². The molecule has 1 saturated carbocycles. The van der Waals surface area contributed by atoms with E-state index < -0.39 is 12.4 Å². The summed E-state index contributed by atoms with van der Waals surface area (Å²) < 4.78 is 25.6. The van der Waals surface area contributed by atoms with Crippen molar-refractivity contribution in [2.45, 2.75) is 31.6 Å². The van der Waals surface area contributed by atoms with Crippen molar-refractivity contribution in [3.05, 3.63) is 33.8 Å². The summed E-state index contributed by atoms with van der Waals surface area (Å²) in [7, 11) is 0. The number of aliphatic carboxylic acids is 1. The van der Waals surface area contributed by atoms with Gasteiger partial charge in [-0.25, -0.2) is 8.78 Å². The van der Waals surface area contributed by atoms with Crippen LogP contribution in [-0.2, 0) is 4.79 Å². The van der Waals surface area contributed by atoms with Crippen molar-refractivity contribution in [3.63, 3.8) is 0 Å². The van der Waals surface area contributed by atoms with Gasteiger partial charge in [-0.2, -0.15) is 0 Å². The van der Waals surface area contributed by atoms with Gasteiger partial charge in [-0.05, 0) is 36.3 Å². The Morgan fingerprint density at radius 1 is 1.44 bits per heavy atom. The van der Waals surface area contributed by atoms with Crippen LogP contribution in [0.4, 0.5) is 8.78 Å². The van der Waals surface area contributed by atoms with E-state index in [1.54, 1.807) is 12.1 Å². The Hall–Kier alpha value is -0.970. The standard InChI is InChI=1S/C13H13BrF2O2/c14-11-5-8(3-4-9(11)13(15)16)10(6-12(17)18)7-1-2-7/h3-5,7,10,13H,1-2,6H2,(H,17,18). The van der Waals surface area contributed by atoms with E-state index in [1.165, 1.54) is 6.07 Å². The largest absolute Gasteiger partial charge is 0.481 e. The molecular weight excluding hydrogens is 306 g/mol. The molecule has 0 aromatic heterocycles. The number of carbonyl (C=O) groups is 1. The number of rotatable bonds is 5. The lowest BCUT2D eigenvalue weighted by molar-refractivity contribution is -0.137. The van der Waals surface area contributed by atoms with Crippen LogP contribution >= 0.6 is 15.9 Å². The minimum absolute atomic E-state index is 0.0522. The van der Waals surface area contributed by atoms with Crippen molar-refractivity contribution < 1.29 is 18.7 Å². The summed E-state index contributed by atoms with van der Waals surface area (Å²) in [5.74, 6) is -0.531. The lowest BCUT2D eigenvalue weighted by Crippen LogP contribution is -2.08. The van der Waals surface area contributed by atoms with Gasteiger partial charge in [-0.3, -0.25) is 4.79 Å². The van der Waals surface area contributed by atoms with E-state index in [4.69, 9.17) is 5.11 Å². The van der Waals surface area contributed by atoms with Crippen LogP contribution in [0.15, 0.2) is 22.7 Å².